The highest BCUT2D eigenvalue weighted by Crippen LogP contribution is 2.47. The van der Waals surface area contributed by atoms with Gasteiger partial charge < -0.3 is 24.8 Å². The summed E-state index contributed by atoms with van der Waals surface area (Å²) in [7, 11) is 0.0682. The number of piperidine rings is 1. The minimum Gasteiger partial charge on any atom is -0.481 e. The Morgan fingerprint density at radius 3 is 2.43 bits per heavy atom. The number of amides is 2. The maximum atomic E-state index is 15.1. The van der Waals surface area contributed by atoms with Crippen LogP contribution in [0.2, 0.25) is 25.7 Å². The molecule has 1 saturated heterocycles. The monoisotopic (exact) mass is 683 g/mol. The molecule has 0 radical (unpaired) electrons. The van der Waals surface area contributed by atoms with Crippen LogP contribution in [-0.2, 0) is 16.3 Å². The molecule has 1 atom stereocenters. The van der Waals surface area contributed by atoms with Crippen molar-refractivity contribution in [2.75, 3.05) is 20.3 Å². The van der Waals surface area contributed by atoms with E-state index in [-0.39, 0.29) is 48.5 Å². The number of aromatic nitrogens is 3. The average Bonchev–Trinajstić information content (AvgIpc) is 3.42. The lowest BCUT2D eigenvalue weighted by Gasteiger charge is -2.54. The summed E-state index contributed by atoms with van der Waals surface area (Å²) in [6.07, 6.45) is -1.31. The van der Waals surface area contributed by atoms with Gasteiger partial charge in [0.1, 0.15) is 6.73 Å². The van der Waals surface area contributed by atoms with Crippen LogP contribution < -0.4 is 10.1 Å². The summed E-state index contributed by atoms with van der Waals surface area (Å²) in [4.78, 5) is 33.1. The number of likely N-dealkylation sites (tertiary alicyclic amines) is 1. The van der Waals surface area contributed by atoms with Crippen molar-refractivity contribution in [2.24, 2.45) is 5.92 Å². The van der Waals surface area contributed by atoms with Gasteiger partial charge in [0.15, 0.2) is 17.1 Å². The summed E-state index contributed by atoms with van der Waals surface area (Å²) >= 11 is 0. The van der Waals surface area contributed by atoms with Crippen LogP contribution in [0.1, 0.15) is 68.3 Å². The van der Waals surface area contributed by atoms with Crippen molar-refractivity contribution in [3.63, 3.8) is 0 Å². The van der Waals surface area contributed by atoms with Crippen molar-refractivity contribution in [1.82, 2.24) is 25.0 Å². The largest absolute Gasteiger partial charge is 0.481 e. The van der Waals surface area contributed by atoms with E-state index in [1.807, 2.05) is 0 Å². The van der Waals surface area contributed by atoms with E-state index in [1.165, 1.54) is 17.9 Å². The number of carbonyl (C=O) groups excluding carboxylic acids is 2. The zero-order chi connectivity index (χ0) is 34.2. The fourth-order valence-electron chi connectivity index (χ4n) is 6.87. The molecule has 10 nitrogen and oxygen atoms in total. The Hall–Kier alpha value is -3.04. The molecule has 260 valence electrons. The lowest BCUT2D eigenvalue weighted by molar-refractivity contribution is -0.270. The SMILES string of the molecule is COc1cc(-c2cc(C(=O)N3CCC(C(=O)NC4CCC(O)(C(F)(F)F)CC4)CC34CCC4)nn2COCC[Si](C)(C)C)c(F)cn1. The third-order valence-electron chi connectivity index (χ3n) is 10.0. The lowest BCUT2D eigenvalue weighted by Crippen LogP contribution is -2.62. The molecule has 2 saturated carbocycles. The molecule has 1 unspecified atom stereocenters. The number of ether oxygens (including phenoxy) is 2. The quantitative estimate of drug-likeness (QED) is 0.192. The molecule has 2 aliphatic carbocycles. The highest BCUT2D eigenvalue weighted by Gasteiger charge is 2.55. The summed E-state index contributed by atoms with van der Waals surface area (Å²) in [6.45, 7) is 7.54. The van der Waals surface area contributed by atoms with Crippen molar-refractivity contribution in [2.45, 2.75) is 114 Å². The van der Waals surface area contributed by atoms with Crippen LogP contribution in [0.15, 0.2) is 18.3 Å². The molecule has 2 N–H and O–H groups in total. The number of nitrogens with one attached hydrogen (secondary N) is 1. The number of aliphatic hydroxyl groups is 1. The number of hydrogen-bond acceptors (Lipinski definition) is 7. The van der Waals surface area contributed by atoms with Gasteiger partial charge >= 0.3 is 6.18 Å². The first kappa shape index (κ1) is 35.3. The molecule has 2 aromatic heterocycles. The summed E-state index contributed by atoms with van der Waals surface area (Å²) in [5, 5.41) is 17.5. The molecule has 5 rings (SSSR count). The van der Waals surface area contributed by atoms with E-state index in [4.69, 9.17) is 9.47 Å². The predicted octanol–water partition coefficient (Wildman–Crippen LogP) is 5.53. The van der Waals surface area contributed by atoms with Gasteiger partial charge in [-0.25, -0.2) is 14.1 Å². The van der Waals surface area contributed by atoms with E-state index < -0.39 is 56.0 Å². The first-order valence-corrected chi connectivity index (χ1v) is 20.0. The van der Waals surface area contributed by atoms with E-state index in [1.54, 1.807) is 11.0 Å². The van der Waals surface area contributed by atoms with Gasteiger partial charge in [0, 0.05) is 50.4 Å². The lowest BCUT2D eigenvalue weighted by atomic mass is 9.66. The zero-order valence-electron chi connectivity index (χ0n) is 27.5. The molecule has 47 heavy (non-hydrogen) atoms. The molecule has 2 aromatic rings. The van der Waals surface area contributed by atoms with Crippen molar-refractivity contribution in [1.29, 1.82) is 0 Å². The normalized spacial score (nSPS) is 24.6. The van der Waals surface area contributed by atoms with Crippen LogP contribution in [0, 0.1) is 11.7 Å². The molecule has 2 amide bonds. The zero-order valence-corrected chi connectivity index (χ0v) is 28.5. The minimum absolute atomic E-state index is 0.0199. The van der Waals surface area contributed by atoms with E-state index >= 15 is 4.39 Å². The fraction of sp³-hybridized carbons (Fsp3) is 0.688. The molecule has 15 heteroatoms. The van der Waals surface area contributed by atoms with Crippen LogP contribution in [-0.4, -0.2) is 88.3 Å². The van der Waals surface area contributed by atoms with Crippen molar-refractivity contribution < 1.29 is 41.7 Å². The van der Waals surface area contributed by atoms with Gasteiger partial charge in [-0.2, -0.15) is 18.3 Å². The first-order valence-electron chi connectivity index (χ1n) is 16.3. The van der Waals surface area contributed by atoms with Gasteiger partial charge in [0.25, 0.3) is 5.91 Å². The maximum Gasteiger partial charge on any atom is 0.417 e. The maximum absolute atomic E-state index is 15.1. The number of halogens is 4. The minimum atomic E-state index is -4.70. The molecule has 1 aliphatic heterocycles. The van der Waals surface area contributed by atoms with E-state index in [2.05, 4.69) is 35.0 Å². The molecule has 3 aliphatic rings. The Bertz CT molecular complexity index is 1450. The Balaban J connectivity index is 1.30. The molecule has 0 bridgehead atoms. The number of hydrogen-bond donors (Lipinski definition) is 2. The Labute approximate surface area is 273 Å². The summed E-state index contributed by atoms with van der Waals surface area (Å²) in [5.74, 6) is -1.33. The van der Waals surface area contributed by atoms with Crippen molar-refractivity contribution in [3.8, 4) is 17.1 Å². The summed E-state index contributed by atoms with van der Waals surface area (Å²) in [5.41, 5.74) is -2.59. The molecule has 0 aromatic carbocycles. The molecule has 1 spiro atoms. The Morgan fingerprint density at radius 2 is 1.83 bits per heavy atom. The highest BCUT2D eigenvalue weighted by atomic mass is 28.3. The molecular weight excluding hydrogens is 638 g/mol. The van der Waals surface area contributed by atoms with Gasteiger partial charge in [-0.05, 0) is 69.9 Å². The number of alkyl halides is 3. The second kappa shape index (κ2) is 13.5. The van der Waals surface area contributed by atoms with Crippen LogP contribution in [0.4, 0.5) is 17.6 Å². The smallest absolute Gasteiger partial charge is 0.417 e. The van der Waals surface area contributed by atoms with E-state index in [0.29, 0.717) is 44.5 Å². The summed E-state index contributed by atoms with van der Waals surface area (Å²) in [6, 6.07) is 3.49. The number of nitrogens with zero attached hydrogens (tertiary/aromatic N) is 4. The van der Waals surface area contributed by atoms with Gasteiger partial charge in [0.2, 0.25) is 11.8 Å². The third kappa shape index (κ3) is 7.67. The number of rotatable bonds is 10. The standard InChI is InChI=1S/C32H45F4N5O5Si/c1-45-27-16-23(24(33)19-37-27)26-17-25(39-41(26)20-46-14-15-47(2,3)4)29(43)40-13-8-21(18-30(40)9-5-10-30)28(42)38-22-6-11-31(44,12-7-22)32(34,35)36/h16-17,19,21-22,44H,5-15,18,20H2,1-4H3,(H,38,42). The van der Waals surface area contributed by atoms with Gasteiger partial charge in [-0.3, -0.25) is 9.59 Å². The van der Waals surface area contributed by atoms with Crippen LogP contribution in [0.25, 0.3) is 11.3 Å². The second-order valence-electron chi connectivity index (χ2n) is 14.5. The van der Waals surface area contributed by atoms with Crippen LogP contribution in [0.3, 0.4) is 0 Å². The highest BCUT2D eigenvalue weighted by molar-refractivity contribution is 6.76. The fourth-order valence-corrected chi connectivity index (χ4v) is 7.62. The topological polar surface area (TPSA) is 119 Å². The third-order valence-corrected chi connectivity index (χ3v) is 11.7. The van der Waals surface area contributed by atoms with E-state index in [9.17, 15) is 27.9 Å². The summed E-state index contributed by atoms with van der Waals surface area (Å²) < 4.78 is 67.3. The van der Waals surface area contributed by atoms with Crippen molar-refractivity contribution >= 4 is 19.9 Å². The van der Waals surface area contributed by atoms with Gasteiger partial charge in [-0.1, -0.05) is 19.6 Å². The molecule has 3 heterocycles. The second-order valence-corrected chi connectivity index (χ2v) is 20.1. The number of carbonyl (C=O) groups is 2. The Morgan fingerprint density at radius 1 is 1.13 bits per heavy atom. The van der Waals surface area contributed by atoms with Crippen molar-refractivity contribution in [3.05, 3.63) is 29.8 Å². The average molecular weight is 684 g/mol. The predicted molar refractivity (Wildman–Crippen MR) is 168 cm³/mol. The first-order chi connectivity index (χ1) is 22.0. The van der Waals surface area contributed by atoms with Crippen LogP contribution >= 0.6 is 0 Å². The van der Waals surface area contributed by atoms with Gasteiger partial charge in [-0.15, -0.1) is 0 Å². The number of methoxy groups -OCH3 is 1. The van der Waals surface area contributed by atoms with E-state index in [0.717, 1.165) is 18.7 Å². The number of pyridine rings is 1. The molecule has 3 fully saturated rings. The Kier molecular flexibility index (Phi) is 10.1. The van der Waals surface area contributed by atoms with Crippen LogP contribution in [0.5, 0.6) is 5.88 Å². The molecular formula is C32H45F4N5O5Si. The van der Waals surface area contributed by atoms with Gasteiger partial charge in [0.05, 0.1) is 19.0 Å².